The summed E-state index contributed by atoms with van der Waals surface area (Å²) in [7, 11) is 1.40. The maximum atomic E-state index is 11.7. The maximum Gasteiger partial charge on any atom is 0.409 e. The Bertz CT molecular complexity index is 695. The Morgan fingerprint density at radius 3 is 2.60 bits per heavy atom. The summed E-state index contributed by atoms with van der Waals surface area (Å²) in [6.07, 6.45) is 0.616. The Morgan fingerprint density at radius 2 is 1.97 bits per heavy atom. The highest BCUT2D eigenvalue weighted by Gasteiger charge is 2.23. The lowest BCUT2D eigenvalue weighted by atomic mass is 9.98. The van der Waals surface area contributed by atoms with Crippen molar-refractivity contribution in [2.45, 2.75) is 51.7 Å². The van der Waals surface area contributed by atoms with Crippen LogP contribution >= 0.6 is 0 Å². The molecule has 2 amide bonds. The van der Waals surface area contributed by atoms with Gasteiger partial charge in [-0.15, -0.1) is 0 Å². The lowest BCUT2D eigenvalue weighted by Gasteiger charge is -2.30. The number of rotatable bonds is 7. The summed E-state index contributed by atoms with van der Waals surface area (Å²) in [6, 6.07) is 7.36. The third-order valence-electron chi connectivity index (χ3n) is 4.86. The standard InChI is InChI=1S/C22H34N2O6/c1-22(2,3)30-20(26)23-11-8-19(25)17-6-5-7-18(14-17)29-15-16-9-12-24(13-10-16)21(27)28-4/h5-7,14,16,19,25H,8-13,15H2,1-4H3,(H,23,26). The number of hydrogen-bond acceptors (Lipinski definition) is 6. The van der Waals surface area contributed by atoms with E-state index >= 15 is 0 Å². The fraction of sp³-hybridized carbons (Fsp3) is 0.636. The van der Waals surface area contributed by atoms with Crippen molar-refractivity contribution in [1.82, 2.24) is 10.2 Å². The molecule has 1 atom stereocenters. The van der Waals surface area contributed by atoms with E-state index in [9.17, 15) is 14.7 Å². The van der Waals surface area contributed by atoms with Gasteiger partial charge < -0.3 is 29.5 Å². The largest absolute Gasteiger partial charge is 0.493 e. The van der Waals surface area contributed by atoms with Crippen LogP contribution in [0.5, 0.6) is 5.75 Å². The van der Waals surface area contributed by atoms with Gasteiger partial charge in [0.25, 0.3) is 0 Å². The van der Waals surface area contributed by atoms with Gasteiger partial charge in [-0.2, -0.15) is 0 Å². The number of ether oxygens (including phenoxy) is 3. The second-order valence-corrected chi connectivity index (χ2v) is 8.52. The van der Waals surface area contributed by atoms with Crippen LogP contribution in [0.1, 0.15) is 51.7 Å². The molecular formula is C22H34N2O6. The number of nitrogens with zero attached hydrogens (tertiary/aromatic N) is 1. The molecule has 168 valence electrons. The average Bonchev–Trinajstić information content (AvgIpc) is 2.71. The number of amides is 2. The molecular weight excluding hydrogens is 388 g/mol. The van der Waals surface area contributed by atoms with Crippen LogP contribution in [0.2, 0.25) is 0 Å². The third kappa shape index (κ3) is 8.10. The van der Waals surface area contributed by atoms with Gasteiger partial charge in [0, 0.05) is 19.6 Å². The number of alkyl carbamates (subject to hydrolysis) is 1. The molecule has 1 aliphatic heterocycles. The van der Waals surface area contributed by atoms with Crippen LogP contribution in [0.15, 0.2) is 24.3 Å². The van der Waals surface area contributed by atoms with Crippen LogP contribution in [0.3, 0.4) is 0 Å². The molecule has 0 aromatic heterocycles. The Kier molecular flexibility index (Phi) is 8.77. The Morgan fingerprint density at radius 1 is 1.27 bits per heavy atom. The minimum absolute atomic E-state index is 0.280. The van der Waals surface area contributed by atoms with Crippen molar-refractivity contribution < 1.29 is 28.9 Å². The number of aliphatic hydroxyl groups excluding tert-OH is 1. The van der Waals surface area contributed by atoms with E-state index in [0.29, 0.717) is 44.3 Å². The molecule has 0 aliphatic carbocycles. The predicted octanol–water partition coefficient (Wildman–Crippen LogP) is 3.49. The van der Waals surface area contributed by atoms with Gasteiger partial charge in [0.05, 0.1) is 19.8 Å². The van der Waals surface area contributed by atoms with Gasteiger partial charge >= 0.3 is 12.2 Å². The maximum absolute atomic E-state index is 11.7. The van der Waals surface area contributed by atoms with E-state index in [-0.39, 0.29) is 6.09 Å². The molecule has 8 nitrogen and oxygen atoms in total. The lowest BCUT2D eigenvalue weighted by Crippen LogP contribution is -2.39. The molecule has 30 heavy (non-hydrogen) atoms. The zero-order valence-electron chi connectivity index (χ0n) is 18.3. The zero-order chi connectivity index (χ0) is 22.1. The number of aliphatic hydroxyl groups is 1. The number of hydrogen-bond donors (Lipinski definition) is 2. The molecule has 0 bridgehead atoms. The van der Waals surface area contributed by atoms with Crippen LogP contribution in [0.25, 0.3) is 0 Å². The highest BCUT2D eigenvalue weighted by Crippen LogP contribution is 2.24. The van der Waals surface area contributed by atoms with Crippen LogP contribution in [-0.4, -0.2) is 61.1 Å². The first-order chi connectivity index (χ1) is 14.2. The van der Waals surface area contributed by atoms with Crippen molar-refractivity contribution in [2.75, 3.05) is 33.4 Å². The lowest BCUT2D eigenvalue weighted by molar-refractivity contribution is 0.0518. The predicted molar refractivity (Wildman–Crippen MR) is 112 cm³/mol. The number of piperidine rings is 1. The minimum Gasteiger partial charge on any atom is -0.493 e. The summed E-state index contributed by atoms with van der Waals surface area (Å²) in [5.41, 5.74) is 0.184. The summed E-state index contributed by atoms with van der Waals surface area (Å²) in [4.78, 5) is 24.9. The molecule has 1 unspecified atom stereocenters. The Balaban J connectivity index is 1.75. The van der Waals surface area contributed by atoms with Crippen LogP contribution in [0, 0.1) is 5.92 Å². The SMILES string of the molecule is COC(=O)N1CCC(COc2cccc(C(O)CCNC(=O)OC(C)(C)C)c2)CC1. The molecule has 2 rings (SSSR count). The summed E-state index contributed by atoms with van der Waals surface area (Å²) in [6.45, 7) is 7.61. The van der Waals surface area contributed by atoms with Crippen molar-refractivity contribution in [1.29, 1.82) is 0 Å². The molecule has 8 heteroatoms. The summed E-state index contributed by atoms with van der Waals surface area (Å²) < 4.78 is 15.9. The van der Waals surface area contributed by atoms with Gasteiger partial charge in [0.2, 0.25) is 0 Å². The van der Waals surface area contributed by atoms with Crippen molar-refractivity contribution in [3.63, 3.8) is 0 Å². The number of likely N-dealkylation sites (tertiary alicyclic amines) is 1. The second-order valence-electron chi connectivity index (χ2n) is 8.52. The topological polar surface area (TPSA) is 97.3 Å². The van der Waals surface area contributed by atoms with Crippen molar-refractivity contribution in [2.24, 2.45) is 5.92 Å². The van der Waals surface area contributed by atoms with Gasteiger partial charge in [-0.05, 0) is 63.6 Å². The van der Waals surface area contributed by atoms with Gasteiger partial charge in [0.15, 0.2) is 0 Å². The van der Waals surface area contributed by atoms with Crippen molar-refractivity contribution in [3.8, 4) is 5.75 Å². The first-order valence-corrected chi connectivity index (χ1v) is 10.4. The molecule has 0 spiro atoms. The van der Waals surface area contributed by atoms with Crippen LogP contribution in [0.4, 0.5) is 9.59 Å². The first kappa shape index (κ1) is 23.8. The smallest absolute Gasteiger partial charge is 0.409 e. The Labute approximate surface area is 178 Å². The van der Waals surface area contributed by atoms with E-state index in [0.717, 1.165) is 18.4 Å². The number of methoxy groups -OCH3 is 1. The van der Waals surface area contributed by atoms with E-state index < -0.39 is 17.8 Å². The molecule has 0 radical (unpaired) electrons. The fourth-order valence-electron chi connectivity index (χ4n) is 3.23. The molecule has 1 fully saturated rings. The van der Waals surface area contributed by atoms with E-state index in [2.05, 4.69) is 5.32 Å². The first-order valence-electron chi connectivity index (χ1n) is 10.4. The number of nitrogens with one attached hydrogen (secondary N) is 1. The van der Waals surface area contributed by atoms with E-state index in [1.807, 2.05) is 24.3 Å². The molecule has 1 saturated heterocycles. The highest BCUT2D eigenvalue weighted by atomic mass is 16.6. The molecule has 2 N–H and O–H groups in total. The molecule has 1 aliphatic rings. The fourth-order valence-corrected chi connectivity index (χ4v) is 3.23. The van der Waals surface area contributed by atoms with E-state index in [1.54, 1.807) is 25.7 Å². The highest BCUT2D eigenvalue weighted by molar-refractivity contribution is 5.67. The van der Waals surface area contributed by atoms with Crippen molar-refractivity contribution >= 4 is 12.2 Å². The monoisotopic (exact) mass is 422 g/mol. The van der Waals surface area contributed by atoms with Gasteiger partial charge in [-0.1, -0.05) is 12.1 Å². The van der Waals surface area contributed by atoms with Gasteiger partial charge in [-0.25, -0.2) is 9.59 Å². The number of carbonyl (C=O) groups excluding carboxylic acids is 2. The quantitative estimate of drug-likeness (QED) is 0.698. The summed E-state index contributed by atoms with van der Waals surface area (Å²) in [5, 5.41) is 13.1. The second kappa shape index (κ2) is 11.1. The average molecular weight is 423 g/mol. The van der Waals surface area contributed by atoms with E-state index in [1.165, 1.54) is 7.11 Å². The van der Waals surface area contributed by atoms with Crippen molar-refractivity contribution in [3.05, 3.63) is 29.8 Å². The molecule has 0 saturated carbocycles. The summed E-state index contributed by atoms with van der Waals surface area (Å²) >= 11 is 0. The minimum atomic E-state index is -0.716. The Hall–Kier alpha value is -2.48. The number of benzene rings is 1. The molecule has 1 aromatic rings. The molecule has 1 heterocycles. The number of carbonyl (C=O) groups is 2. The summed E-state index contributed by atoms with van der Waals surface area (Å²) in [5.74, 6) is 1.07. The van der Waals surface area contributed by atoms with Gasteiger partial charge in [-0.3, -0.25) is 0 Å². The third-order valence-corrected chi connectivity index (χ3v) is 4.86. The van der Waals surface area contributed by atoms with Crippen LogP contribution < -0.4 is 10.1 Å². The van der Waals surface area contributed by atoms with Crippen LogP contribution in [-0.2, 0) is 9.47 Å². The zero-order valence-corrected chi connectivity index (χ0v) is 18.3. The van der Waals surface area contributed by atoms with E-state index in [4.69, 9.17) is 14.2 Å². The van der Waals surface area contributed by atoms with Gasteiger partial charge in [0.1, 0.15) is 11.4 Å². The normalized spacial score (nSPS) is 16.0. The molecule has 1 aromatic carbocycles.